The summed E-state index contributed by atoms with van der Waals surface area (Å²) in [6.07, 6.45) is 0. The van der Waals surface area contributed by atoms with Crippen molar-refractivity contribution < 1.29 is 9.15 Å². The maximum atomic E-state index is 6.10. The van der Waals surface area contributed by atoms with Crippen LogP contribution in [0, 0.1) is 6.92 Å². The quantitative estimate of drug-likeness (QED) is 0.511. The Morgan fingerprint density at radius 1 is 1.12 bits per heavy atom. The lowest BCUT2D eigenvalue weighted by atomic mass is 10.2. The van der Waals surface area contributed by atoms with Crippen LogP contribution in [0.3, 0.4) is 0 Å². The molecule has 0 aliphatic carbocycles. The van der Waals surface area contributed by atoms with Gasteiger partial charge in [-0.1, -0.05) is 23.7 Å². The number of hydrogen-bond acceptors (Lipinski definition) is 5. The van der Waals surface area contributed by atoms with E-state index in [9.17, 15) is 0 Å². The van der Waals surface area contributed by atoms with E-state index in [0.717, 1.165) is 16.5 Å². The van der Waals surface area contributed by atoms with E-state index < -0.39 is 0 Å². The number of anilines is 2. The maximum Gasteiger partial charge on any atom is 0.196 e. The van der Waals surface area contributed by atoms with Crippen LogP contribution in [0.2, 0.25) is 5.02 Å². The highest BCUT2D eigenvalue weighted by atomic mass is 35.5. The first-order chi connectivity index (χ1) is 11.7. The van der Waals surface area contributed by atoms with Crippen LogP contribution in [-0.4, -0.2) is 17.1 Å². The molecule has 2 aromatic carbocycles. The van der Waals surface area contributed by atoms with Gasteiger partial charge in [0.25, 0.3) is 0 Å². The normalized spacial score (nSPS) is 10.7. The monoisotopic (exact) mass is 375 g/mol. The van der Waals surface area contributed by atoms with E-state index in [4.69, 9.17) is 20.8 Å². The van der Waals surface area contributed by atoms with E-state index >= 15 is 0 Å². The number of hydrogen-bond donors (Lipinski definition) is 1. The number of aryl methyl sites for hydroxylation is 1. The molecular formula is C18H15Cl2N3O2. The summed E-state index contributed by atoms with van der Waals surface area (Å²) in [6, 6.07) is 13.1. The first kappa shape index (κ1) is 17.3. The number of halogens is 2. The van der Waals surface area contributed by atoms with Gasteiger partial charge >= 0.3 is 0 Å². The highest BCUT2D eigenvalue weighted by Crippen LogP contribution is 2.35. The van der Waals surface area contributed by atoms with Crippen LogP contribution in [0.4, 0.5) is 11.5 Å². The summed E-state index contributed by atoms with van der Waals surface area (Å²) in [5, 5.41) is 4.81. The molecule has 5 nitrogen and oxygen atoms in total. The van der Waals surface area contributed by atoms with E-state index in [-0.39, 0.29) is 12.4 Å². The van der Waals surface area contributed by atoms with E-state index in [2.05, 4.69) is 15.3 Å². The molecule has 0 atom stereocenters. The molecule has 0 fully saturated rings. The summed E-state index contributed by atoms with van der Waals surface area (Å²) < 4.78 is 11.3. The summed E-state index contributed by atoms with van der Waals surface area (Å²) in [5.41, 5.74) is 2.86. The number of furan rings is 1. The number of nitrogens with zero attached hydrogens (tertiary/aromatic N) is 2. The zero-order valence-electron chi connectivity index (χ0n) is 13.5. The minimum atomic E-state index is 0. The zero-order chi connectivity index (χ0) is 16.7. The Labute approximate surface area is 155 Å². The molecule has 0 bridgehead atoms. The van der Waals surface area contributed by atoms with Crippen LogP contribution < -0.4 is 10.1 Å². The molecular weight excluding hydrogens is 361 g/mol. The van der Waals surface area contributed by atoms with Crippen LogP contribution in [-0.2, 0) is 0 Å². The molecule has 128 valence electrons. The Kier molecular flexibility index (Phi) is 4.70. The third kappa shape index (κ3) is 3.08. The molecule has 7 heteroatoms. The van der Waals surface area contributed by atoms with Crippen molar-refractivity contribution in [1.82, 2.24) is 9.97 Å². The summed E-state index contributed by atoms with van der Waals surface area (Å²) in [6.45, 7) is 1.85. The van der Waals surface area contributed by atoms with Crippen molar-refractivity contribution in [3.05, 3.63) is 53.3 Å². The molecule has 0 saturated heterocycles. The first-order valence-corrected chi connectivity index (χ1v) is 7.80. The van der Waals surface area contributed by atoms with Crippen molar-refractivity contribution in [1.29, 1.82) is 0 Å². The Morgan fingerprint density at radius 3 is 2.72 bits per heavy atom. The van der Waals surface area contributed by atoms with Gasteiger partial charge in [0.1, 0.15) is 22.7 Å². The fourth-order valence-corrected chi connectivity index (χ4v) is 2.87. The van der Waals surface area contributed by atoms with Crippen LogP contribution in [0.15, 0.2) is 46.9 Å². The number of fused-ring (bicyclic) bond motifs is 3. The predicted molar refractivity (Wildman–Crippen MR) is 103 cm³/mol. The van der Waals surface area contributed by atoms with Crippen LogP contribution in [0.5, 0.6) is 5.75 Å². The average molecular weight is 376 g/mol. The van der Waals surface area contributed by atoms with Crippen LogP contribution in [0.25, 0.3) is 22.1 Å². The Morgan fingerprint density at radius 2 is 1.92 bits per heavy atom. The fourth-order valence-electron chi connectivity index (χ4n) is 2.69. The lowest BCUT2D eigenvalue weighted by molar-refractivity contribution is 0.417. The minimum absolute atomic E-state index is 0. The smallest absolute Gasteiger partial charge is 0.196 e. The van der Waals surface area contributed by atoms with Crippen molar-refractivity contribution >= 4 is 57.6 Å². The molecule has 0 unspecified atom stereocenters. The zero-order valence-corrected chi connectivity index (χ0v) is 15.1. The first-order valence-electron chi connectivity index (χ1n) is 7.42. The van der Waals surface area contributed by atoms with Gasteiger partial charge in [0, 0.05) is 10.4 Å². The number of para-hydroxylation sites is 1. The van der Waals surface area contributed by atoms with Gasteiger partial charge in [-0.15, -0.1) is 12.4 Å². The lowest BCUT2D eigenvalue weighted by Crippen LogP contribution is -1.99. The lowest BCUT2D eigenvalue weighted by Gasteiger charge is -2.11. The summed E-state index contributed by atoms with van der Waals surface area (Å²) in [4.78, 5) is 9.01. The van der Waals surface area contributed by atoms with E-state index in [1.165, 1.54) is 0 Å². The standard InChI is InChI=1S/C18H14ClN3O2.ClH/c1-10-20-16-12-5-3-4-6-14(12)24-17(16)18(21-10)22-13-9-11(19)7-8-15(13)23-2;/h3-9H,1-2H3,(H,20,21,22);1H. The molecule has 2 heterocycles. The number of rotatable bonds is 3. The molecule has 0 amide bonds. The van der Waals surface area contributed by atoms with Crippen molar-refractivity contribution in [2.75, 3.05) is 12.4 Å². The average Bonchev–Trinajstić information content (AvgIpc) is 2.94. The van der Waals surface area contributed by atoms with Crippen molar-refractivity contribution in [2.24, 2.45) is 0 Å². The third-order valence-electron chi connectivity index (χ3n) is 3.75. The van der Waals surface area contributed by atoms with E-state index in [1.54, 1.807) is 25.3 Å². The molecule has 0 aliphatic heterocycles. The minimum Gasteiger partial charge on any atom is -0.495 e. The molecule has 25 heavy (non-hydrogen) atoms. The van der Waals surface area contributed by atoms with Gasteiger partial charge in [0.15, 0.2) is 11.4 Å². The highest BCUT2D eigenvalue weighted by Gasteiger charge is 2.16. The second-order valence-electron chi connectivity index (χ2n) is 5.36. The Hall–Kier alpha value is -2.50. The van der Waals surface area contributed by atoms with E-state index in [0.29, 0.717) is 33.7 Å². The van der Waals surface area contributed by atoms with Gasteiger partial charge in [-0.05, 0) is 37.3 Å². The molecule has 1 N–H and O–H groups in total. The molecule has 2 aromatic heterocycles. The molecule has 0 spiro atoms. The van der Waals surface area contributed by atoms with Crippen molar-refractivity contribution in [3.63, 3.8) is 0 Å². The van der Waals surface area contributed by atoms with Gasteiger partial charge in [-0.25, -0.2) is 9.97 Å². The van der Waals surface area contributed by atoms with Crippen molar-refractivity contribution in [3.8, 4) is 5.75 Å². The topological polar surface area (TPSA) is 60.2 Å². The second kappa shape index (κ2) is 6.78. The second-order valence-corrected chi connectivity index (χ2v) is 5.80. The fraction of sp³-hybridized carbons (Fsp3) is 0.111. The summed E-state index contributed by atoms with van der Waals surface area (Å²) >= 11 is 6.10. The van der Waals surface area contributed by atoms with Crippen LogP contribution in [0.1, 0.15) is 5.82 Å². The van der Waals surface area contributed by atoms with Gasteiger partial charge in [0.2, 0.25) is 0 Å². The van der Waals surface area contributed by atoms with Crippen molar-refractivity contribution in [2.45, 2.75) is 6.92 Å². The number of aromatic nitrogens is 2. The molecule has 0 radical (unpaired) electrons. The predicted octanol–water partition coefficient (Wildman–Crippen LogP) is 5.51. The van der Waals surface area contributed by atoms with Gasteiger partial charge in [-0.3, -0.25) is 0 Å². The SMILES string of the molecule is COc1ccc(Cl)cc1Nc1nc(C)nc2c1oc1ccccc12.Cl. The number of benzene rings is 2. The van der Waals surface area contributed by atoms with Gasteiger partial charge < -0.3 is 14.5 Å². The summed E-state index contributed by atoms with van der Waals surface area (Å²) in [5.74, 6) is 1.90. The van der Waals surface area contributed by atoms with Crippen LogP contribution >= 0.6 is 24.0 Å². The number of methoxy groups -OCH3 is 1. The molecule has 4 aromatic rings. The Bertz CT molecular complexity index is 1060. The molecule has 0 aliphatic rings. The van der Waals surface area contributed by atoms with E-state index in [1.807, 2.05) is 31.2 Å². The molecule has 0 saturated carbocycles. The largest absolute Gasteiger partial charge is 0.495 e. The Balaban J connectivity index is 0.00000182. The number of nitrogens with one attached hydrogen (secondary N) is 1. The highest BCUT2D eigenvalue weighted by molar-refractivity contribution is 6.31. The van der Waals surface area contributed by atoms with Gasteiger partial charge in [0.05, 0.1) is 12.8 Å². The summed E-state index contributed by atoms with van der Waals surface area (Å²) in [7, 11) is 1.61. The number of ether oxygens (including phenoxy) is 1. The maximum absolute atomic E-state index is 6.10. The third-order valence-corrected chi connectivity index (χ3v) is 3.98. The molecule has 4 rings (SSSR count). The van der Waals surface area contributed by atoms with Gasteiger partial charge in [-0.2, -0.15) is 0 Å².